The highest BCUT2D eigenvalue weighted by Gasteiger charge is 2.53. The molecule has 0 radical (unpaired) electrons. The van der Waals surface area contributed by atoms with Crippen LogP contribution in [0.25, 0.3) is 0 Å². The Bertz CT molecular complexity index is 1110. The number of aliphatic hydroxyl groups is 2. The van der Waals surface area contributed by atoms with Gasteiger partial charge in [0.25, 0.3) is 5.24 Å². The lowest BCUT2D eigenvalue weighted by atomic mass is 9.78. The number of carbonyl (C=O) groups excluding carboxylic acids is 1. The monoisotopic (exact) mass is 475 g/mol. The van der Waals surface area contributed by atoms with Gasteiger partial charge in [-0.3, -0.25) is 10.2 Å². The largest absolute Gasteiger partial charge is 0.389 e. The number of benzene rings is 3. The predicted octanol–water partition coefficient (Wildman–Crippen LogP) is 3.72. The third-order valence-corrected chi connectivity index (χ3v) is 6.11. The van der Waals surface area contributed by atoms with Crippen molar-refractivity contribution in [2.45, 2.75) is 29.2 Å². The van der Waals surface area contributed by atoms with Crippen LogP contribution >= 0.6 is 11.8 Å². The lowest BCUT2D eigenvalue weighted by Gasteiger charge is -2.52. The number of hydrogen-bond acceptors (Lipinski definition) is 6. The van der Waals surface area contributed by atoms with Crippen molar-refractivity contribution in [3.63, 3.8) is 0 Å². The molecule has 3 aromatic carbocycles. The number of carbonyl (C=O) groups is 1. The van der Waals surface area contributed by atoms with Gasteiger partial charge in [0.15, 0.2) is 11.6 Å². The number of nitrogens with zero attached hydrogens (tertiary/aromatic N) is 1. The van der Waals surface area contributed by atoms with Crippen molar-refractivity contribution >= 4 is 28.4 Å². The summed E-state index contributed by atoms with van der Waals surface area (Å²) in [6, 6.07) is 15.3. The molecule has 0 aromatic heterocycles. The molecule has 3 aromatic rings. The van der Waals surface area contributed by atoms with E-state index in [1.54, 1.807) is 24.3 Å². The van der Waals surface area contributed by atoms with Crippen LogP contribution in [0.3, 0.4) is 0 Å². The topological polar surface area (TPSA) is 84.8 Å². The van der Waals surface area contributed by atoms with Crippen LogP contribution in [0.2, 0.25) is 0 Å². The average molecular weight is 475 g/mol. The summed E-state index contributed by atoms with van der Waals surface area (Å²) >= 11 is 0.929. The Balaban J connectivity index is 1.49. The highest BCUT2D eigenvalue weighted by molar-refractivity contribution is 8.13. The number of thioether (sulfide) groups is 1. The average Bonchev–Trinajstić information content (AvgIpc) is 2.81. The fraction of sp³-hybridized carbons (Fsp3) is 0.174. The van der Waals surface area contributed by atoms with Gasteiger partial charge >= 0.3 is 0 Å². The molecule has 1 aliphatic rings. The molecule has 1 aliphatic carbocycles. The van der Waals surface area contributed by atoms with Crippen molar-refractivity contribution in [1.82, 2.24) is 10.9 Å². The number of amides is 1. The Labute approximate surface area is 192 Å². The molecule has 1 saturated carbocycles. The van der Waals surface area contributed by atoms with E-state index in [1.807, 2.05) is 6.07 Å². The Hall–Kier alpha value is -3.05. The van der Waals surface area contributed by atoms with Crippen LogP contribution in [0.4, 0.5) is 29.3 Å². The molecule has 6 nitrogen and oxygen atoms in total. The summed E-state index contributed by atoms with van der Waals surface area (Å²) in [5.74, 6) is -2.66. The molecule has 4 N–H and O–H groups in total. The number of hydrazine groups is 1. The Morgan fingerprint density at radius 1 is 0.848 bits per heavy atom. The number of aliphatic hydroxyl groups excluding tert-OH is 2. The fourth-order valence-electron chi connectivity index (χ4n) is 3.65. The number of anilines is 2. The van der Waals surface area contributed by atoms with Gasteiger partial charge in [-0.1, -0.05) is 18.2 Å². The summed E-state index contributed by atoms with van der Waals surface area (Å²) in [6.07, 6.45) is -2.42. The summed E-state index contributed by atoms with van der Waals surface area (Å²) in [4.78, 5) is 14.2. The minimum Gasteiger partial charge on any atom is -0.389 e. The zero-order chi connectivity index (χ0) is 23.5. The third kappa shape index (κ3) is 4.98. The Kier molecular flexibility index (Phi) is 6.89. The smallest absolute Gasteiger partial charge is 0.298 e. The molecule has 172 valence electrons. The van der Waals surface area contributed by atoms with Crippen molar-refractivity contribution in [3.05, 3.63) is 90.2 Å². The number of rotatable bonds is 6. The molecule has 10 heteroatoms. The molecule has 0 saturated heterocycles. The summed E-state index contributed by atoms with van der Waals surface area (Å²) in [7, 11) is 0. The first-order chi connectivity index (χ1) is 15.8. The van der Waals surface area contributed by atoms with Gasteiger partial charge in [0.2, 0.25) is 0 Å². The van der Waals surface area contributed by atoms with Crippen molar-refractivity contribution in [2.24, 2.45) is 0 Å². The molecular formula is C23H20F3N3O3S. The van der Waals surface area contributed by atoms with Crippen LogP contribution in [-0.2, 0) is 0 Å². The highest BCUT2D eigenvalue weighted by atomic mass is 32.2. The van der Waals surface area contributed by atoms with Crippen LogP contribution in [0, 0.1) is 17.5 Å². The van der Waals surface area contributed by atoms with Crippen LogP contribution in [0.1, 0.15) is 0 Å². The van der Waals surface area contributed by atoms with Crippen LogP contribution in [-0.4, -0.2) is 39.7 Å². The van der Waals surface area contributed by atoms with Gasteiger partial charge in [0.05, 0.1) is 24.3 Å². The maximum atomic E-state index is 13.9. The van der Waals surface area contributed by atoms with E-state index in [4.69, 9.17) is 0 Å². The standard InChI is InChI=1S/C23H20F3N3O3S/c24-13-6-8-14(9-7-13)29(15-10-11-17(25)18(26)12-15)20-21(30)19(22(20)31)27-28-23(32)33-16-4-2-1-3-5-16/h1-12,19-22,27,30-31H,(H,28,32). The van der Waals surface area contributed by atoms with Gasteiger partial charge in [-0.05, 0) is 60.3 Å². The molecule has 0 heterocycles. The predicted molar refractivity (Wildman–Crippen MR) is 118 cm³/mol. The van der Waals surface area contributed by atoms with Crippen molar-refractivity contribution in [3.8, 4) is 0 Å². The SMILES string of the molecule is O=C(NNC1C(O)C(N(c2ccc(F)cc2)c2ccc(F)c(F)c2)C1O)Sc1ccccc1. The summed E-state index contributed by atoms with van der Waals surface area (Å²) in [6.45, 7) is 0. The highest BCUT2D eigenvalue weighted by Crippen LogP contribution is 2.37. The zero-order valence-electron chi connectivity index (χ0n) is 17.0. The second-order valence-electron chi connectivity index (χ2n) is 7.41. The van der Waals surface area contributed by atoms with Crippen LogP contribution < -0.4 is 15.8 Å². The third-order valence-electron chi connectivity index (χ3n) is 5.31. The van der Waals surface area contributed by atoms with E-state index >= 15 is 0 Å². The van der Waals surface area contributed by atoms with E-state index in [2.05, 4.69) is 10.9 Å². The van der Waals surface area contributed by atoms with Gasteiger partial charge < -0.3 is 15.1 Å². The molecule has 0 spiro atoms. The van der Waals surface area contributed by atoms with E-state index in [0.717, 1.165) is 23.9 Å². The maximum absolute atomic E-state index is 13.9. The van der Waals surface area contributed by atoms with E-state index in [0.29, 0.717) is 10.6 Å². The number of halogens is 3. The zero-order valence-corrected chi connectivity index (χ0v) is 17.8. The number of nitrogens with one attached hydrogen (secondary N) is 2. The van der Waals surface area contributed by atoms with E-state index in [9.17, 15) is 28.2 Å². The normalized spacial score (nSPS) is 21.8. The summed E-state index contributed by atoms with van der Waals surface area (Å²) in [5, 5.41) is 21.1. The molecule has 1 amide bonds. The molecule has 33 heavy (non-hydrogen) atoms. The van der Waals surface area contributed by atoms with Gasteiger partial charge in [0, 0.05) is 22.3 Å². The second-order valence-corrected chi connectivity index (χ2v) is 8.46. The van der Waals surface area contributed by atoms with Crippen molar-refractivity contribution < 1.29 is 28.2 Å². The quantitative estimate of drug-likeness (QED) is 0.321. The Morgan fingerprint density at radius 2 is 1.48 bits per heavy atom. The first-order valence-corrected chi connectivity index (χ1v) is 10.8. The second kappa shape index (κ2) is 9.84. The van der Waals surface area contributed by atoms with Gasteiger partial charge in [-0.15, -0.1) is 0 Å². The summed E-state index contributed by atoms with van der Waals surface area (Å²) in [5.41, 5.74) is 5.56. The van der Waals surface area contributed by atoms with E-state index in [-0.39, 0.29) is 5.69 Å². The first kappa shape index (κ1) is 23.1. The summed E-state index contributed by atoms with van der Waals surface area (Å²) < 4.78 is 40.8. The number of hydrogen-bond donors (Lipinski definition) is 4. The van der Waals surface area contributed by atoms with E-state index in [1.165, 1.54) is 35.2 Å². The molecule has 0 bridgehead atoms. The lowest BCUT2D eigenvalue weighted by Crippen LogP contribution is -2.75. The van der Waals surface area contributed by atoms with Crippen LogP contribution in [0.15, 0.2) is 77.7 Å². The molecule has 1 fully saturated rings. The first-order valence-electron chi connectivity index (χ1n) is 9.99. The van der Waals surface area contributed by atoms with Crippen molar-refractivity contribution in [1.29, 1.82) is 0 Å². The maximum Gasteiger partial charge on any atom is 0.298 e. The molecule has 0 aliphatic heterocycles. The van der Waals surface area contributed by atoms with Crippen LogP contribution in [0.5, 0.6) is 0 Å². The molecular weight excluding hydrogens is 455 g/mol. The minimum absolute atomic E-state index is 0.158. The molecule has 2 unspecified atom stereocenters. The van der Waals surface area contributed by atoms with E-state index < -0.39 is 47.0 Å². The van der Waals surface area contributed by atoms with Gasteiger partial charge in [-0.25, -0.2) is 18.6 Å². The fourth-order valence-corrected chi connectivity index (χ4v) is 4.27. The van der Waals surface area contributed by atoms with Gasteiger partial charge in [-0.2, -0.15) is 0 Å². The minimum atomic E-state index is -1.21. The van der Waals surface area contributed by atoms with Crippen molar-refractivity contribution in [2.75, 3.05) is 4.90 Å². The van der Waals surface area contributed by atoms with Gasteiger partial charge in [0.1, 0.15) is 5.82 Å². The lowest BCUT2D eigenvalue weighted by molar-refractivity contribution is -0.0867. The Morgan fingerprint density at radius 3 is 2.12 bits per heavy atom. The molecule has 2 atom stereocenters. The molecule has 4 rings (SSSR count).